The lowest BCUT2D eigenvalue weighted by molar-refractivity contribution is -0.162. The predicted molar refractivity (Wildman–Crippen MR) is 221 cm³/mol. The highest BCUT2D eigenvalue weighted by Gasteiger charge is 2.52. The third kappa shape index (κ3) is 12.4. The van der Waals surface area contributed by atoms with Crippen LogP contribution >= 0.6 is 11.6 Å². The van der Waals surface area contributed by atoms with Crippen molar-refractivity contribution in [2.45, 2.75) is 62.1 Å². The summed E-state index contributed by atoms with van der Waals surface area (Å²) in [5, 5.41) is 3.63. The monoisotopic (exact) mass is 890 g/mol. The van der Waals surface area contributed by atoms with Crippen molar-refractivity contribution in [2.24, 2.45) is 11.8 Å². The number of ether oxygens (including phenoxy) is 2. The largest absolute Gasteiger partial charge is 0.497 e. The molecule has 3 aromatic carbocycles. The van der Waals surface area contributed by atoms with Crippen LogP contribution in [0.1, 0.15) is 48.2 Å². The van der Waals surface area contributed by atoms with Crippen LogP contribution in [0.25, 0.3) is 0 Å². The summed E-state index contributed by atoms with van der Waals surface area (Å²) in [6, 6.07) is 14.3. The molecule has 0 aromatic heterocycles. The van der Waals surface area contributed by atoms with Crippen molar-refractivity contribution in [3.8, 4) is 5.75 Å². The Balaban J connectivity index is 1.43. The number of carbonyl (C=O) groups excluding carboxylic acids is 5. The van der Waals surface area contributed by atoms with Gasteiger partial charge in [0.1, 0.15) is 17.6 Å². The van der Waals surface area contributed by atoms with Gasteiger partial charge in [0, 0.05) is 62.1 Å². The van der Waals surface area contributed by atoms with Gasteiger partial charge in [0.25, 0.3) is 11.8 Å². The molecule has 2 N–H and O–H groups in total. The molecule has 2 saturated heterocycles. The third-order valence-corrected chi connectivity index (χ3v) is 13.3. The summed E-state index contributed by atoms with van der Waals surface area (Å²) in [6.07, 6.45) is -1.59. The third-order valence-electron chi connectivity index (χ3n) is 10.9. The first kappa shape index (κ1) is 47.2. The molecule has 0 unspecified atom stereocenters. The Morgan fingerprint density at radius 2 is 1.66 bits per heavy atom. The van der Waals surface area contributed by atoms with Crippen LogP contribution in [0.3, 0.4) is 0 Å². The first-order valence-electron chi connectivity index (χ1n) is 19.9. The van der Waals surface area contributed by atoms with E-state index in [4.69, 9.17) is 21.1 Å². The number of rotatable bonds is 19. The molecule has 61 heavy (non-hydrogen) atoms. The number of carbonyl (C=O) groups is 5. The Labute approximate surface area is 358 Å². The van der Waals surface area contributed by atoms with Gasteiger partial charge in [-0.25, -0.2) is 12.8 Å². The number of benzene rings is 3. The van der Waals surface area contributed by atoms with Crippen LogP contribution in [0, 0.1) is 17.7 Å². The van der Waals surface area contributed by atoms with Gasteiger partial charge in [-0.2, -0.15) is 8.78 Å². The second-order valence-electron chi connectivity index (χ2n) is 15.6. The number of nitrogens with one attached hydrogen (secondary N) is 2. The minimum atomic E-state index is -4.52. The topological polar surface area (TPSA) is 168 Å². The number of methoxy groups -OCH3 is 1. The zero-order chi connectivity index (χ0) is 44.5. The maximum Gasteiger partial charge on any atom is 0.381 e. The quantitative estimate of drug-likeness (QED) is 0.166. The highest BCUT2D eigenvalue weighted by Crippen LogP contribution is 2.33. The summed E-state index contributed by atoms with van der Waals surface area (Å²) in [4.78, 5) is 71.7. The van der Waals surface area contributed by atoms with Crippen molar-refractivity contribution in [1.82, 2.24) is 20.4 Å². The van der Waals surface area contributed by atoms with Gasteiger partial charge < -0.3 is 25.0 Å². The van der Waals surface area contributed by atoms with Crippen molar-refractivity contribution < 1.29 is 55.0 Å². The highest BCUT2D eigenvalue weighted by atomic mass is 35.5. The fourth-order valence-electron chi connectivity index (χ4n) is 7.44. The van der Waals surface area contributed by atoms with Crippen LogP contribution in [0.4, 0.5) is 13.2 Å². The van der Waals surface area contributed by atoms with Gasteiger partial charge in [0.05, 0.1) is 37.4 Å². The Morgan fingerprint density at radius 3 is 2.30 bits per heavy atom. The molecule has 0 bridgehead atoms. The van der Waals surface area contributed by atoms with Crippen LogP contribution in [0.5, 0.6) is 5.75 Å². The van der Waals surface area contributed by atoms with Crippen molar-refractivity contribution in [1.29, 1.82) is 0 Å². The molecular formula is C43H50ClF3N4O9S. The van der Waals surface area contributed by atoms with Crippen LogP contribution in [0.2, 0.25) is 5.02 Å². The zero-order valence-electron chi connectivity index (χ0n) is 34.1. The number of hydrogen-bond acceptors (Lipinski definition) is 10. The number of Topliss-reactive ketones (excluding diaryl/α,β-unsaturated/α-hetero) is 2. The number of alkyl halides is 2. The van der Waals surface area contributed by atoms with E-state index in [0.717, 1.165) is 11.0 Å². The lowest BCUT2D eigenvalue weighted by Crippen LogP contribution is -2.54. The summed E-state index contributed by atoms with van der Waals surface area (Å²) >= 11 is 6.11. The molecule has 2 aliphatic heterocycles. The van der Waals surface area contributed by atoms with E-state index in [1.165, 1.54) is 63.4 Å². The molecule has 3 aromatic rings. The number of morpholine rings is 1. The van der Waals surface area contributed by atoms with Crippen LogP contribution in [0.15, 0.2) is 72.8 Å². The Kier molecular flexibility index (Phi) is 16.1. The van der Waals surface area contributed by atoms with Gasteiger partial charge in [-0.1, -0.05) is 55.8 Å². The van der Waals surface area contributed by atoms with Crippen LogP contribution in [-0.4, -0.2) is 124 Å². The molecule has 2 aliphatic rings. The van der Waals surface area contributed by atoms with E-state index in [9.17, 15) is 36.8 Å². The van der Waals surface area contributed by atoms with Gasteiger partial charge in [-0.3, -0.25) is 28.9 Å². The fourth-order valence-corrected chi connectivity index (χ4v) is 9.39. The SMILES string of the molecule is COc1ccc(CS(=O)(=O)[C@@H]2C[C@@H](C(=O)C[C@H](C(=O)C(F)(F)C(=O)NCCN3CCOCC3)C(C)C)N(C(=O)[C@H](Cc3cccc(F)c3)NC(=O)c3cccc(Cl)c3)C2)cc1. The van der Waals surface area contributed by atoms with Gasteiger partial charge in [-0.15, -0.1) is 0 Å². The van der Waals surface area contributed by atoms with Crippen molar-refractivity contribution in [3.05, 3.63) is 100 Å². The summed E-state index contributed by atoms with van der Waals surface area (Å²) in [5.74, 6) is -13.9. The van der Waals surface area contributed by atoms with Crippen molar-refractivity contribution >= 4 is 50.7 Å². The standard InChI is InChI=1S/C43H50ClF3N4O9S/c1-27(2)35(39(53)43(46,47)42(56)48-14-15-50-16-18-60-19-17-50)24-38(52)37-23-34(61(57,58)26-28-10-12-33(59-3)13-11-28)25-51(37)41(55)36(21-29-6-4-9-32(45)20-29)49-40(54)30-7-5-8-31(44)22-30/h4-13,20,22,27,34-37H,14-19,21,23-26H2,1-3H3,(H,48,56)(H,49,54)/t34-,35+,36+,37+/m1/s1. The van der Waals surface area contributed by atoms with Gasteiger partial charge in [0.15, 0.2) is 15.6 Å². The fraction of sp³-hybridized carbons (Fsp3) is 0.465. The van der Waals surface area contributed by atoms with Crippen molar-refractivity contribution in [3.63, 3.8) is 0 Å². The molecule has 0 spiro atoms. The molecule has 330 valence electrons. The van der Waals surface area contributed by atoms with Crippen molar-refractivity contribution in [2.75, 3.05) is 53.0 Å². The highest BCUT2D eigenvalue weighted by molar-refractivity contribution is 7.91. The Morgan fingerprint density at radius 1 is 0.967 bits per heavy atom. The van der Waals surface area contributed by atoms with Gasteiger partial charge in [-0.05, 0) is 65.9 Å². The first-order valence-corrected chi connectivity index (χ1v) is 22.0. The Hall–Kier alpha value is -4.84. The number of ketones is 2. The molecule has 4 atom stereocenters. The second-order valence-corrected chi connectivity index (χ2v) is 18.3. The van der Waals surface area contributed by atoms with E-state index in [2.05, 4.69) is 10.6 Å². The number of hydrogen-bond donors (Lipinski definition) is 2. The maximum absolute atomic E-state index is 15.6. The smallest absolute Gasteiger partial charge is 0.381 e. The molecule has 0 aliphatic carbocycles. The average Bonchev–Trinajstić information content (AvgIpc) is 3.69. The molecule has 3 amide bonds. The van der Waals surface area contributed by atoms with E-state index >= 15 is 8.78 Å². The van der Waals surface area contributed by atoms with E-state index in [1.807, 2.05) is 4.90 Å². The lowest BCUT2D eigenvalue weighted by atomic mass is 9.82. The lowest BCUT2D eigenvalue weighted by Gasteiger charge is -2.30. The van der Waals surface area contributed by atoms with Gasteiger partial charge in [0.2, 0.25) is 11.7 Å². The molecule has 2 fully saturated rings. The summed E-state index contributed by atoms with van der Waals surface area (Å²) in [7, 11) is -2.68. The zero-order valence-corrected chi connectivity index (χ0v) is 35.7. The number of halogens is 4. The predicted octanol–water partition coefficient (Wildman–Crippen LogP) is 4.30. The Bertz CT molecular complexity index is 2170. The second kappa shape index (κ2) is 20.8. The normalized spacial score (nSPS) is 18.3. The van der Waals surface area contributed by atoms with E-state index in [0.29, 0.717) is 37.6 Å². The number of nitrogens with zero attached hydrogens (tertiary/aromatic N) is 2. The minimum absolute atomic E-state index is 0.0721. The van der Waals surface area contributed by atoms with E-state index in [1.54, 1.807) is 24.3 Å². The van der Waals surface area contributed by atoms with Crippen LogP contribution in [-0.2, 0) is 45.9 Å². The van der Waals surface area contributed by atoms with Gasteiger partial charge >= 0.3 is 5.92 Å². The molecule has 2 heterocycles. The number of amides is 3. The molecule has 13 nitrogen and oxygen atoms in total. The summed E-state index contributed by atoms with van der Waals surface area (Å²) in [6.45, 7) is 4.43. The van der Waals surface area contributed by atoms with E-state index < -0.39 is 105 Å². The minimum Gasteiger partial charge on any atom is -0.497 e. The number of sulfone groups is 1. The van der Waals surface area contributed by atoms with Crippen LogP contribution < -0.4 is 15.4 Å². The molecular weight excluding hydrogens is 841 g/mol. The number of likely N-dealkylation sites (tertiary alicyclic amines) is 1. The molecule has 0 radical (unpaired) electrons. The molecule has 18 heteroatoms. The average molecular weight is 891 g/mol. The summed E-state index contributed by atoms with van der Waals surface area (Å²) < 4.78 is 84.0. The molecule has 0 saturated carbocycles. The maximum atomic E-state index is 15.6. The van der Waals surface area contributed by atoms with E-state index in [-0.39, 0.29) is 35.7 Å². The first-order chi connectivity index (χ1) is 28.9. The summed E-state index contributed by atoms with van der Waals surface area (Å²) in [5.41, 5.74) is 0.747. The molecule has 5 rings (SSSR count).